The van der Waals surface area contributed by atoms with E-state index < -0.39 is 10.0 Å². The number of carbonyl (C=O) groups is 1. The number of rotatable bonds is 4. The normalized spacial score (nSPS) is 22.2. The van der Waals surface area contributed by atoms with E-state index in [-0.39, 0.29) is 22.3 Å². The monoisotopic (exact) mass is 404 g/mol. The number of likely N-dealkylation sites (tertiary alicyclic amines) is 1. The highest BCUT2D eigenvalue weighted by Crippen LogP contribution is 2.27. The van der Waals surface area contributed by atoms with Gasteiger partial charge in [0.05, 0.1) is 10.5 Å². The van der Waals surface area contributed by atoms with Crippen LogP contribution in [0.4, 0.5) is 0 Å². The van der Waals surface area contributed by atoms with Gasteiger partial charge in [-0.05, 0) is 51.9 Å². The Bertz CT molecular complexity index is 854. The van der Waals surface area contributed by atoms with Crippen molar-refractivity contribution in [1.82, 2.24) is 14.1 Å². The number of sulfonamides is 1. The Morgan fingerprint density at radius 2 is 1.82 bits per heavy atom. The third kappa shape index (κ3) is 4.22. The highest BCUT2D eigenvalue weighted by atomic mass is 32.2. The number of benzene rings is 1. The molecule has 28 heavy (non-hydrogen) atoms. The molecule has 1 atom stereocenters. The lowest BCUT2D eigenvalue weighted by atomic mass is 9.94. The van der Waals surface area contributed by atoms with Gasteiger partial charge in [0, 0.05) is 38.1 Å². The first-order chi connectivity index (χ1) is 13.3. The molecule has 0 spiro atoms. The predicted octanol–water partition coefficient (Wildman–Crippen LogP) is 1.51. The molecule has 152 valence electrons. The molecule has 2 fully saturated rings. The topological polar surface area (TPSA) is 84.7 Å². The molecule has 1 aromatic rings. The first-order valence-electron chi connectivity index (χ1n) is 9.79. The summed E-state index contributed by atoms with van der Waals surface area (Å²) in [5.74, 6) is 0.0274. The van der Waals surface area contributed by atoms with Gasteiger partial charge in [-0.2, -0.15) is 9.57 Å². The Morgan fingerprint density at radius 3 is 2.46 bits per heavy atom. The van der Waals surface area contributed by atoms with E-state index in [0.717, 1.165) is 25.9 Å². The van der Waals surface area contributed by atoms with Crippen LogP contribution >= 0.6 is 0 Å². The van der Waals surface area contributed by atoms with Crippen molar-refractivity contribution < 1.29 is 13.2 Å². The van der Waals surface area contributed by atoms with Crippen LogP contribution in [0.1, 0.15) is 31.2 Å². The average molecular weight is 405 g/mol. The van der Waals surface area contributed by atoms with Crippen molar-refractivity contribution in [1.29, 1.82) is 5.26 Å². The molecule has 0 aliphatic carbocycles. The summed E-state index contributed by atoms with van der Waals surface area (Å²) in [6.45, 7) is 2.16. The molecule has 0 aromatic heterocycles. The summed E-state index contributed by atoms with van der Waals surface area (Å²) in [6, 6.07) is 8.61. The maximum atomic E-state index is 12.9. The first kappa shape index (κ1) is 20.8. The molecule has 0 radical (unpaired) electrons. The molecule has 1 unspecified atom stereocenters. The zero-order chi connectivity index (χ0) is 20.3. The van der Waals surface area contributed by atoms with E-state index in [0.29, 0.717) is 32.0 Å². The van der Waals surface area contributed by atoms with Crippen LogP contribution in [0.25, 0.3) is 0 Å². The lowest BCUT2D eigenvalue weighted by Gasteiger charge is -2.39. The molecule has 2 aliphatic heterocycles. The molecule has 1 amide bonds. The van der Waals surface area contributed by atoms with E-state index in [1.165, 1.54) is 16.4 Å². The molecule has 2 aliphatic rings. The Hall–Kier alpha value is -1.95. The van der Waals surface area contributed by atoms with Gasteiger partial charge in [-0.1, -0.05) is 12.1 Å². The number of nitriles is 1. The van der Waals surface area contributed by atoms with Gasteiger partial charge >= 0.3 is 0 Å². The number of hydrogen-bond acceptors (Lipinski definition) is 5. The molecular formula is C20H28N4O3S. The minimum atomic E-state index is -3.72. The Kier molecular flexibility index (Phi) is 6.38. The fourth-order valence-electron chi connectivity index (χ4n) is 4.10. The second kappa shape index (κ2) is 8.60. The fraction of sp³-hybridized carbons (Fsp3) is 0.600. The summed E-state index contributed by atoms with van der Waals surface area (Å²) in [7, 11) is 0.366. The Balaban J connectivity index is 1.64. The number of piperidine rings is 2. The number of hydrogen-bond donors (Lipinski definition) is 0. The van der Waals surface area contributed by atoms with Crippen LogP contribution < -0.4 is 0 Å². The highest BCUT2D eigenvalue weighted by molar-refractivity contribution is 7.89. The average Bonchev–Trinajstić information content (AvgIpc) is 2.73. The van der Waals surface area contributed by atoms with Crippen molar-refractivity contribution in [3.63, 3.8) is 0 Å². The summed E-state index contributed by atoms with van der Waals surface area (Å²) in [4.78, 5) is 17.1. The van der Waals surface area contributed by atoms with E-state index in [1.807, 2.05) is 25.1 Å². The molecule has 0 N–H and O–H groups in total. The van der Waals surface area contributed by atoms with Gasteiger partial charge < -0.3 is 9.80 Å². The van der Waals surface area contributed by atoms with E-state index in [4.69, 9.17) is 0 Å². The summed E-state index contributed by atoms with van der Waals surface area (Å²) < 4.78 is 27.3. The van der Waals surface area contributed by atoms with Gasteiger partial charge in [-0.15, -0.1) is 0 Å². The Morgan fingerprint density at radius 1 is 1.14 bits per heavy atom. The summed E-state index contributed by atoms with van der Waals surface area (Å²) in [6.07, 6.45) is 3.16. The smallest absolute Gasteiger partial charge is 0.244 e. The maximum absolute atomic E-state index is 12.9. The number of amides is 1. The van der Waals surface area contributed by atoms with Crippen LogP contribution in [0.5, 0.6) is 0 Å². The third-order valence-electron chi connectivity index (χ3n) is 5.87. The molecule has 0 bridgehead atoms. The Labute approximate surface area is 167 Å². The van der Waals surface area contributed by atoms with E-state index in [1.54, 1.807) is 12.1 Å². The van der Waals surface area contributed by atoms with Gasteiger partial charge in [0.25, 0.3) is 0 Å². The zero-order valence-electron chi connectivity index (χ0n) is 16.5. The van der Waals surface area contributed by atoms with Crippen LogP contribution in [0, 0.1) is 17.2 Å². The van der Waals surface area contributed by atoms with Crippen LogP contribution in [0.3, 0.4) is 0 Å². The van der Waals surface area contributed by atoms with Crippen LogP contribution in [-0.2, 0) is 14.8 Å². The minimum absolute atomic E-state index is 0.0483. The number of carbonyl (C=O) groups excluding carboxylic acids is 1. The molecule has 7 nitrogen and oxygen atoms in total. The second-order valence-corrected chi connectivity index (χ2v) is 9.74. The summed E-state index contributed by atoms with van der Waals surface area (Å²) in [5.41, 5.74) is 0.156. The minimum Gasteiger partial charge on any atom is -0.341 e. The van der Waals surface area contributed by atoms with Crippen molar-refractivity contribution in [3.8, 4) is 6.07 Å². The quantitative estimate of drug-likeness (QED) is 0.759. The molecular weight excluding hydrogens is 376 g/mol. The molecule has 8 heteroatoms. The van der Waals surface area contributed by atoms with Crippen molar-refractivity contribution in [3.05, 3.63) is 29.8 Å². The highest BCUT2D eigenvalue weighted by Gasteiger charge is 2.36. The predicted molar refractivity (Wildman–Crippen MR) is 106 cm³/mol. The number of likely N-dealkylation sites (N-methyl/N-ethyl adjacent to an activating group) is 1. The lowest BCUT2D eigenvalue weighted by molar-refractivity contribution is -0.138. The molecule has 2 saturated heterocycles. The maximum Gasteiger partial charge on any atom is 0.244 e. The molecule has 3 rings (SSSR count). The van der Waals surface area contributed by atoms with Gasteiger partial charge in [-0.25, -0.2) is 8.42 Å². The molecule has 0 saturated carbocycles. The molecule has 1 aromatic carbocycles. The van der Waals surface area contributed by atoms with Crippen molar-refractivity contribution in [2.75, 3.05) is 40.3 Å². The largest absolute Gasteiger partial charge is 0.341 e. The van der Waals surface area contributed by atoms with Crippen molar-refractivity contribution >= 4 is 15.9 Å². The van der Waals surface area contributed by atoms with Crippen LogP contribution in [0.2, 0.25) is 0 Å². The SMILES string of the molecule is CN(C)C1CCCN(C(=O)C2CCN(S(=O)(=O)c3ccccc3C#N)CC2)C1. The number of nitrogens with zero attached hydrogens (tertiary/aromatic N) is 4. The van der Waals surface area contributed by atoms with Gasteiger partial charge in [-0.3, -0.25) is 4.79 Å². The standard InChI is InChI=1S/C20H28N4O3S/c1-22(2)18-7-5-11-23(15-18)20(25)16-9-12-24(13-10-16)28(26,27)19-8-4-3-6-17(19)14-21/h3-4,6,8,16,18H,5,7,9-13,15H2,1-2H3. The van der Waals surface area contributed by atoms with E-state index in [2.05, 4.69) is 4.90 Å². The van der Waals surface area contributed by atoms with E-state index in [9.17, 15) is 18.5 Å². The van der Waals surface area contributed by atoms with Crippen molar-refractivity contribution in [2.24, 2.45) is 5.92 Å². The first-order valence-corrected chi connectivity index (χ1v) is 11.2. The van der Waals surface area contributed by atoms with Crippen molar-refractivity contribution in [2.45, 2.75) is 36.6 Å². The second-order valence-electron chi connectivity index (χ2n) is 7.83. The van der Waals surface area contributed by atoms with Crippen LogP contribution in [-0.4, -0.2) is 74.7 Å². The van der Waals surface area contributed by atoms with Gasteiger partial charge in [0.15, 0.2) is 0 Å². The third-order valence-corrected chi connectivity index (χ3v) is 7.82. The fourth-order valence-corrected chi connectivity index (χ4v) is 5.71. The lowest BCUT2D eigenvalue weighted by Crippen LogP contribution is -2.51. The summed E-state index contributed by atoms with van der Waals surface area (Å²) in [5, 5.41) is 9.21. The van der Waals surface area contributed by atoms with Crippen LogP contribution in [0.15, 0.2) is 29.2 Å². The van der Waals surface area contributed by atoms with E-state index >= 15 is 0 Å². The molecule has 2 heterocycles. The van der Waals surface area contributed by atoms with Gasteiger partial charge in [0.2, 0.25) is 15.9 Å². The zero-order valence-corrected chi connectivity index (χ0v) is 17.4. The summed E-state index contributed by atoms with van der Waals surface area (Å²) >= 11 is 0. The van der Waals surface area contributed by atoms with Gasteiger partial charge in [0.1, 0.15) is 6.07 Å².